The van der Waals surface area contributed by atoms with Crippen LogP contribution in [0.25, 0.3) is 33.6 Å². The summed E-state index contributed by atoms with van der Waals surface area (Å²) in [6.07, 6.45) is 0.924. The lowest BCUT2D eigenvalue weighted by Crippen LogP contribution is -2.34. The molecule has 0 spiro atoms. The summed E-state index contributed by atoms with van der Waals surface area (Å²) in [7, 11) is 5.33. The zero-order valence-corrected chi connectivity index (χ0v) is 22.0. The lowest BCUT2D eigenvalue weighted by molar-refractivity contribution is 0.0723. The molecular formula is C28H33N5O4. The number of H-pyrrole nitrogens is 1. The molecule has 0 saturated carbocycles. The summed E-state index contributed by atoms with van der Waals surface area (Å²) in [5, 5.41) is 9.37. The largest absolute Gasteiger partial charge is 0.493 e. The molecule has 1 aliphatic rings. The standard InChI is InChI=1S/C28H33N5O4/c1-17(2)24-20-15-19(26-30-31-27(37-26)28(34)33-12-6-11-32(3)13-14-33)7-9-21(20)29-25(24)18-8-10-22(35-4)23(16-18)36-5/h7-10,15-17,29H,6,11-14H2,1-5H3. The Kier molecular flexibility index (Phi) is 6.88. The Hall–Kier alpha value is -3.85. The van der Waals surface area contributed by atoms with E-state index in [0.717, 1.165) is 47.2 Å². The SMILES string of the molecule is COc1ccc(-c2[nH]c3ccc(-c4nnc(C(=O)N5CCCN(C)CC5)o4)cc3c2C(C)C)cc1OC. The highest BCUT2D eigenvalue weighted by atomic mass is 16.5. The minimum absolute atomic E-state index is 0.0313. The number of carbonyl (C=O) groups excluding carboxylic acids is 1. The van der Waals surface area contributed by atoms with Crippen molar-refractivity contribution in [1.82, 2.24) is 25.0 Å². The van der Waals surface area contributed by atoms with Crippen molar-refractivity contribution >= 4 is 16.8 Å². The Morgan fingerprint density at radius 1 is 0.973 bits per heavy atom. The monoisotopic (exact) mass is 503 g/mol. The van der Waals surface area contributed by atoms with Gasteiger partial charge in [0, 0.05) is 41.7 Å². The molecule has 37 heavy (non-hydrogen) atoms. The summed E-state index contributed by atoms with van der Waals surface area (Å²) < 4.78 is 16.8. The van der Waals surface area contributed by atoms with E-state index in [9.17, 15) is 4.79 Å². The average Bonchev–Trinajstić information content (AvgIpc) is 3.48. The maximum absolute atomic E-state index is 13.0. The molecule has 0 unspecified atom stereocenters. The minimum Gasteiger partial charge on any atom is -0.493 e. The predicted molar refractivity (Wildman–Crippen MR) is 142 cm³/mol. The Balaban J connectivity index is 1.49. The summed E-state index contributed by atoms with van der Waals surface area (Å²) in [5.41, 5.74) is 4.98. The molecule has 0 radical (unpaired) electrons. The Labute approximate surface area is 216 Å². The molecular weight excluding hydrogens is 470 g/mol. The molecule has 1 aliphatic heterocycles. The van der Waals surface area contributed by atoms with Crippen LogP contribution in [0.3, 0.4) is 0 Å². The molecule has 5 rings (SSSR count). The molecule has 1 fully saturated rings. The topological polar surface area (TPSA) is 96.7 Å². The third-order valence-electron chi connectivity index (χ3n) is 6.95. The van der Waals surface area contributed by atoms with E-state index < -0.39 is 0 Å². The summed E-state index contributed by atoms with van der Waals surface area (Å²) in [5.74, 6) is 1.76. The Morgan fingerprint density at radius 2 is 1.76 bits per heavy atom. The Morgan fingerprint density at radius 3 is 2.51 bits per heavy atom. The fourth-order valence-electron chi connectivity index (χ4n) is 4.98. The first-order valence-corrected chi connectivity index (χ1v) is 12.6. The summed E-state index contributed by atoms with van der Waals surface area (Å²) in [4.78, 5) is 20.6. The van der Waals surface area contributed by atoms with Crippen LogP contribution >= 0.6 is 0 Å². The van der Waals surface area contributed by atoms with Gasteiger partial charge in [0.05, 0.1) is 19.9 Å². The number of hydrogen-bond acceptors (Lipinski definition) is 7. The first kappa shape index (κ1) is 24.8. The van der Waals surface area contributed by atoms with Gasteiger partial charge in [0.2, 0.25) is 5.89 Å². The second kappa shape index (κ2) is 10.3. The van der Waals surface area contributed by atoms with Crippen molar-refractivity contribution < 1.29 is 18.7 Å². The number of fused-ring (bicyclic) bond motifs is 1. The smallest absolute Gasteiger partial charge is 0.311 e. The van der Waals surface area contributed by atoms with Gasteiger partial charge < -0.3 is 28.7 Å². The van der Waals surface area contributed by atoms with Crippen LogP contribution in [0.2, 0.25) is 0 Å². The number of nitrogens with one attached hydrogen (secondary N) is 1. The molecule has 4 aromatic rings. The molecule has 9 heteroatoms. The number of carbonyl (C=O) groups is 1. The zero-order valence-electron chi connectivity index (χ0n) is 22.0. The van der Waals surface area contributed by atoms with Gasteiger partial charge in [-0.25, -0.2) is 0 Å². The van der Waals surface area contributed by atoms with Crippen molar-refractivity contribution in [2.45, 2.75) is 26.2 Å². The van der Waals surface area contributed by atoms with Gasteiger partial charge in [-0.2, -0.15) is 0 Å². The number of amides is 1. The number of aromatic amines is 1. The minimum atomic E-state index is -0.213. The van der Waals surface area contributed by atoms with E-state index in [4.69, 9.17) is 13.9 Å². The van der Waals surface area contributed by atoms with Crippen LogP contribution in [0.4, 0.5) is 0 Å². The lowest BCUT2D eigenvalue weighted by atomic mass is 9.95. The molecule has 1 saturated heterocycles. The van der Waals surface area contributed by atoms with E-state index >= 15 is 0 Å². The van der Waals surface area contributed by atoms with Crippen molar-refractivity contribution in [1.29, 1.82) is 0 Å². The normalized spacial score (nSPS) is 14.8. The highest BCUT2D eigenvalue weighted by Crippen LogP contribution is 2.40. The van der Waals surface area contributed by atoms with Crippen LogP contribution in [0, 0.1) is 0 Å². The van der Waals surface area contributed by atoms with E-state index in [1.807, 2.05) is 36.4 Å². The molecule has 1 amide bonds. The van der Waals surface area contributed by atoms with Gasteiger partial charge in [-0.05, 0) is 67.9 Å². The molecule has 0 bridgehead atoms. The quantitative estimate of drug-likeness (QED) is 0.404. The number of rotatable bonds is 6. The van der Waals surface area contributed by atoms with Gasteiger partial charge in [-0.15, -0.1) is 10.2 Å². The summed E-state index contributed by atoms with van der Waals surface area (Å²) >= 11 is 0. The number of methoxy groups -OCH3 is 2. The highest BCUT2D eigenvalue weighted by molar-refractivity contribution is 5.94. The third kappa shape index (κ3) is 4.79. The third-order valence-corrected chi connectivity index (χ3v) is 6.95. The van der Waals surface area contributed by atoms with Gasteiger partial charge in [0.25, 0.3) is 0 Å². The zero-order chi connectivity index (χ0) is 26.1. The fourth-order valence-corrected chi connectivity index (χ4v) is 4.98. The number of ether oxygens (including phenoxy) is 2. The average molecular weight is 504 g/mol. The molecule has 194 valence electrons. The number of hydrogen-bond donors (Lipinski definition) is 1. The maximum atomic E-state index is 13.0. The van der Waals surface area contributed by atoms with Crippen LogP contribution in [-0.4, -0.2) is 78.3 Å². The van der Waals surface area contributed by atoms with Gasteiger partial charge in [-0.3, -0.25) is 4.79 Å². The van der Waals surface area contributed by atoms with Crippen molar-refractivity contribution in [2.24, 2.45) is 0 Å². The first-order valence-electron chi connectivity index (χ1n) is 12.6. The number of likely N-dealkylation sites (N-methyl/N-ethyl adjacent to an activating group) is 1. The number of aromatic nitrogens is 3. The van der Waals surface area contributed by atoms with Crippen LogP contribution in [-0.2, 0) is 0 Å². The number of nitrogens with zero attached hydrogens (tertiary/aromatic N) is 4. The van der Waals surface area contributed by atoms with E-state index in [1.165, 1.54) is 5.56 Å². The van der Waals surface area contributed by atoms with E-state index in [0.29, 0.717) is 30.5 Å². The van der Waals surface area contributed by atoms with Gasteiger partial charge in [0.15, 0.2) is 11.5 Å². The molecule has 1 N–H and O–H groups in total. The van der Waals surface area contributed by atoms with E-state index in [1.54, 1.807) is 19.1 Å². The Bertz CT molecular complexity index is 1420. The molecule has 0 atom stereocenters. The summed E-state index contributed by atoms with van der Waals surface area (Å²) in [6.45, 7) is 7.48. The molecule has 0 aliphatic carbocycles. The van der Waals surface area contributed by atoms with Gasteiger partial charge in [0.1, 0.15) is 0 Å². The molecule has 9 nitrogen and oxygen atoms in total. The molecule has 3 heterocycles. The van der Waals surface area contributed by atoms with Crippen LogP contribution in [0.1, 0.15) is 42.4 Å². The van der Waals surface area contributed by atoms with Crippen LogP contribution in [0.5, 0.6) is 11.5 Å². The summed E-state index contributed by atoms with van der Waals surface area (Å²) in [6, 6.07) is 11.9. The van der Waals surface area contributed by atoms with E-state index in [2.05, 4.69) is 41.0 Å². The van der Waals surface area contributed by atoms with E-state index in [-0.39, 0.29) is 17.7 Å². The predicted octanol–water partition coefficient (Wildman–Crippen LogP) is 4.80. The number of benzene rings is 2. The van der Waals surface area contributed by atoms with Gasteiger partial charge in [-0.1, -0.05) is 13.8 Å². The second-order valence-corrected chi connectivity index (χ2v) is 9.76. The van der Waals surface area contributed by atoms with Crippen LogP contribution < -0.4 is 9.47 Å². The lowest BCUT2D eigenvalue weighted by Gasteiger charge is -2.18. The van der Waals surface area contributed by atoms with Crippen molar-refractivity contribution in [2.75, 3.05) is 47.4 Å². The maximum Gasteiger partial charge on any atom is 0.311 e. The molecule has 2 aromatic heterocycles. The highest BCUT2D eigenvalue weighted by Gasteiger charge is 2.25. The van der Waals surface area contributed by atoms with Gasteiger partial charge >= 0.3 is 11.8 Å². The van der Waals surface area contributed by atoms with Crippen molar-refractivity contribution in [3.05, 3.63) is 47.9 Å². The fraction of sp³-hybridized carbons (Fsp3) is 0.393. The molecule has 2 aromatic carbocycles. The van der Waals surface area contributed by atoms with Crippen LogP contribution in [0.15, 0.2) is 40.8 Å². The van der Waals surface area contributed by atoms with Crippen molar-refractivity contribution in [3.63, 3.8) is 0 Å². The first-order chi connectivity index (χ1) is 17.9. The van der Waals surface area contributed by atoms with Crippen molar-refractivity contribution in [3.8, 4) is 34.2 Å². The second-order valence-electron chi connectivity index (χ2n) is 9.76.